The van der Waals surface area contributed by atoms with Crippen LogP contribution in [0, 0.1) is 20.2 Å². The van der Waals surface area contributed by atoms with Crippen molar-refractivity contribution in [1.82, 2.24) is 0 Å². The lowest BCUT2D eigenvalue weighted by molar-refractivity contribution is -0.422. The molecule has 7 nitrogen and oxygen atoms in total. The minimum atomic E-state index is -0.735. The number of nitrogens with zero attached hydrogens (tertiary/aromatic N) is 3. The summed E-state index contributed by atoms with van der Waals surface area (Å²) in [6, 6.07) is 21.0. The highest BCUT2D eigenvalue weighted by atomic mass is 16.6. The van der Waals surface area contributed by atoms with E-state index >= 15 is 0 Å². The van der Waals surface area contributed by atoms with E-state index in [-0.39, 0.29) is 0 Å². The lowest BCUT2D eigenvalue weighted by atomic mass is 10.0. The molecule has 0 aromatic heterocycles. The van der Waals surface area contributed by atoms with Crippen LogP contribution in [0.3, 0.4) is 0 Å². The Bertz CT molecular complexity index is 1320. The second-order valence-corrected chi connectivity index (χ2v) is 12.0. The Morgan fingerprint density at radius 2 is 0.956 bits per heavy atom. The molecule has 0 saturated heterocycles. The van der Waals surface area contributed by atoms with Crippen LogP contribution in [0.2, 0.25) is 0 Å². The predicted molar refractivity (Wildman–Crippen MR) is 189 cm³/mol. The van der Waals surface area contributed by atoms with Gasteiger partial charge in [0.05, 0.1) is 9.85 Å². The molecule has 242 valence electrons. The van der Waals surface area contributed by atoms with Crippen molar-refractivity contribution in [3.05, 3.63) is 98.1 Å². The third kappa shape index (κ3) is 12.5. The zero-order valence-electron chi connectivity index (χ0n) is 27.3. The molecule has 3 aromatic carbocycles. The standard InChI is InChI=1S/C38H51N3O4/c1-3-5-7-9-11-13-15-29-39(30-16-14-12-10-8-6-4-2)36-26-24-35(25-27-36)34-22-19-32(20-23-34)17-18-33-21-28-37(40(42)43)38(31-33)41(44)45/h17-28,31H,3-16,29-30H2,1-2H3/b18-17+. The van der Waals surface area contributed by atoms with Crippen LogP contribution in [0.4, 0.5) is 17.1 Å². The number of benzene rings is 3. The molecule has 0 amide bonds. The number of rotatable bonds is 22. The van der Waals surface area contributed by atoms with Crippen molar-refractivity contribution in [2.75, 3.05) is 18.0 Å². The maximum absolute atomic E-state index is 11.3. The van der Waals surface area contributed by atoms with Gasteiger partial charge in [-0.2, -0.15) is 0 Å². The maximum Gasteiger partial charge on any atom is 0.346 e. The SMILES string of the molecule is CCCCCCCCCN(CCCCCCCCC)c1ccc(-c2ccc(/C=C/c3ccc([N+](=O)[O-])c([N+](=O)[O-])c3)cc2)cc1. The first-order chi connectivity index (χ1) is 21.9. The fourth-order valence-electron chi connectivity index (χ4n) is 5.68. The number of nitro groups is 2. The molecule has 0 bridgehead atoms. The van der Waals surface area contributed by atoms with E-state index < -0.39 is 21.2 Å². The number of hydrogen-bond donors (Lipinski definition) is 0. The normalized spacial score (nSPS) is 11.2. The minimum Gasteiger partial charge on any atom is -0.372 e. The molecule has 0 fully saturated rings. The maximum atomic E-state index is 11.3. The Labute approximate surface area is 269 Å². The summed E-state index contributed by atoms with van der Waals surface area (Å²) >= 11 is 0. The van der Waals surface area contributed by atoms with Crippen LogP contribution in [-0.4, -0.2) is 22.9 Å². The Balaban J connectivity index is 1.61. The van der Waals surface area contributed by atoms with Gasteiger partial charge in [0, 0.05) is 30.9 Å². The van der Waals surface area contributed by atoms with Crippen LogP contribution in [0.15, 0.2) is 66.7 Å². The number of unbranched alkanes of at least 4 members (excludes halogenated alkanes) is 12. The summed E-state index contributed by atoms with van der Waals surface area (Å²) in [5.41, 5.74) is 4.03. The average molecular weight is 614 g/mol. The Hall–Kier alpha value is -4.00. The Morgan fingerprint density at radius 3 is 1.44 bits per heavy atom. The summed E-state index contributed by atoms with van der Waals surface area (Å²) in [4.78, 5) is 23.5. The van der Waals surface area contributed by atoms with Crippen molar-refractivity contribution in [3.8, 4) is 11.1 Å². The second kappa shape index (κ2) is 20.1. The van der Waals surface area contributed by atoms with Crippen LogP contribution in [0.5, 0.6) is 0 Å². The molecule has 0 heterocycles. The molecule has 0 aliphatic carbocycles. The van der Waals surface area contributed by atoms with Gasteiger partial charge in [0.2, 0.25) is 0 Å². The largest absolute Gasteiger partial charge is 0.372 e. The summed E-state index contributed by atoms with van der Waals surface area (Å²) in [6.07, 6.45) is 22.1. The van der Waals surface area contributed by atoms with E-state index in [1.54, 1.807) is 6.08 Å². The van der Waals surface area contributed by atoms with Crippen molar-refractivity contribution < 1.29 is 9.85 Å². The van der Waals surface area contributed by atoms with Crippen LogP contribution in [0.25, 0.3) is 23.3 Å². The van der Waals surface area contributed by atoms with E-state index in [1.165, 1.54) is 114 Å². The van der Waals surface area contributed by atoms with Gasteiger partial charge in [-0.1, -0.05) is 139 Å². The van der Waals surface area contributed by atoms with Gasteiger partial charge in [-0.15, -0.1) is 0 Å². The number of nitro benzene ring substituents is 2. The molecule has 0 unspecified atom stereocenters. The van der Waals surface area contributed by atoms with Gasteiger partial charge >= 0.3 is 11.4 Å². The molecule has 0 saturated carbocycles. The van der Waals surface area contributed by atoms with Crippen LogP contribution >= 0.6 is 0 Å². The lowest BCUT2D eigenvalue weighted by Crippen LogP contribution is -2.25. The molecule has 7 heteroatoms. The van der Waals surface area contributed by atoms with E-state index in [4.69, 9.17) is 0 Å². The van der Waals surface area contributed by atoms with Gasteiger partial charge in [-0.25, -0.2) is 0 Å². The molecule has 0 radical (unpaired) electrons. The molecule has 0 aliphatic heterocycles. The first-order valence-corrected chi connectivity index (χ1v) is 17.0. The summed E-state index contributed by atoms with van der Waals surface area (Å²) in [5, 5.41) is 22.3. The molecular formula is C38H51N3O4. The molecule has 0 aliphatic rings. The summed E-state index contributed by atoms with van der Waals surface area (Å²) in [7, 11) is 0. The smallest absolute Gasteiger partial charge is 0.346 e. The van der Waals surface area contributed by atoms with Crippen molar-refractivity contribution in [1.29, 1.82) is 0 Å². The Kier molecular flexibility index (Phi) is 15.9. The monoisotopic (exact) mass is 613 g/mol. The van der Waals surface area contributed by atoms with Crippen molar-refractivity contribution >= 4 is 29.2 Å². The van der Waals surface area contributed by atoms with E-state index in [2.05, 4.69) is 55.1 Å². The molecule has 0 N–H and O–H groups in total. The van der Waals surface area contributed by atoms with Gasteiger partial charge in [-0.05, 0) is 53.3 Å². The zero-order valence-corrected chi connectivity index (χ0v) is 27.3. The van der Waals surface area contributed by atoms with E-state index in [0.29, 0.717) is 5.56 Å². The fourth-order valence-corrected chi connectivity index (χ4v) is 5.68. The van der Waals surface area contributed by atoms with Gasteiger partial charge in [-0.3, -0.25) is 20.2 Å². The van der Waals surface area contributed by atoms with Gasteiger partial charge in [0.25, 0.3) is 0 Å². The Morgan fingerprint density at radius 1 is 0.533 bits per heavy atom. The molecule has 3 rings (SSSR count). The van der Waals surface area contributed by atoms with E-state index in [1.807, 2.05) is 18.2 Å². The summed E-state index contributed by atoms with van der Waals surface area (Å²) in [6.45, 7) is 6.76. The van der Waals surface area contributed by atoms with Gasteiger partial charge in [0.1, 0.15) is 0 Å². The third-order valence-corrected chi connectivity index (χ3v) is 8.40. The molecule has 3 aromatic rings. The first kappa shape index (κ1) is 35.5. The van der Waals surface area contributed by atoms with Gasteiger partial charge in [0.15, 0.2) is 0 Å². The second-order valence-electron chi connectivity index (χ2n) is 12.0. The fraction of sp³-hybridized carbons (Fsp3) is 0.474. The highest BCUT2D eigenvalue weighted by Crippen LogP contribution is 2.29. The lowest BCUT2D eigenvalue weighted by Gasteiger charge is -2.25. The topological polar surface area (TPSA) is 89.5 Å². The quantitative estimate of drug-likeness (QED) is 0.0486. The number of hydrogen-bond acceptors (Lipinski definition) is 5. The first-order valence-electron chi connectivity index (χ1n) is 17.0. The average Bonchev–Trinajstić information content (AvgIpc) is 3.05. The van der Waals surface area contributed by atoms with Crippen LogP contribution in [-0.2, 0) is 0 Å². The van der Waals surface area contributed by atoms with Crippen molar-refractivity contribution in [3.63, 3.8) is 0 Å². The van der Waals surface area contributed by atoms with E-state index in [9.17, 15) is 20.2 Å². The highest BCUT2D eigenvalue weighted by Gasteiger charge is 2.23. The molecular weight excluding hydrogens is 562 g/mol. The van der Waals surface area contributed by atoms with E-state index in [0.717, 1.165) is 29.8 Å². The highest BCUT2D eigenvalue weighted by molar-refractivity contribution is 5.74. The van der Waals surface area contributed by atoms with Crippen molar-refractivity contribution in [2.24, 2.45) is 0 Å². The number of anilines is 1. The predicted octanol–water partition coefficient (Wildman–Crippen LogP) is 11.6. The summed E-state index contributed by atoms with van der Waals surface area (Å²) in [5.74, 6) is 0. The van der Waals surface area contributed by atoms with Crippen LogP contribution < -0.4 is 4.90 Å². The van der Waals surface area contributed by atoms with Gasteiger partial charge < -0.3 is 4.90 Å². The van der Waals surface area contributed by atoms with Crippen molar-refractivity contribution in [2.45, 2.75) is 104 Å². The minimum absolute atomic E-state index is 0.508. The molecule has 45 heavy (non-hydrogen) atoms. The van der Waals surface area contributed by atoms with Crippen LogP contribution in [0.1, 0.15) is 115 Å². The third-order valence-electron chi connectivity index (χ3n) is 8.40. The molecule has 0 spiro atoms. The summed E-state index contributed by atoms with van der Waals surface area (Å²) < 4.78 is 0. The zero-order chi connectivity index (χ0) is 32.3. The molecule has 0 atom stereocenters.